The van der Waals surface area contributed by atoms with Crippen LogP contribution in [0.2, 0.25) is 0 Å². The Labute approximate surface area is 305 Å². The van der Waals surface area contributed by atoms with Gasteiger partial charge in [0, 0.05) is 32.0 Å². The van der Waals surface area contributed by atoms with Gasteiger partial charge in [0.25, 0.3) is 0 Å². The molecule has 254 valence electrons. The number of carbonyl (C=O) groups excluding carboxylic acids is 2. The summed E-state index contributed by atoms with van der Waals surface area (Å²) in [6.45, 7) is 16.5. The van der Waals surface area contributed by atoms with Crippen molar-refractivity contribution < 1.29 is 9.59 Å². The smallest absolute Gasteiger partial charge is 0.185 e. The van der Waals surface area contributed by atoms with Crippen LogP contribution >= 0.6 is 11.3 Å². The van der Waals surface area contributed by atoms with Crippen LogP contribution in [0.25, 0.3) is 32.7 Å². The van der Waals surface area contributed by atoms with Crippen LogP contribution in [0.5, 0.6) is 0 Å². The largest absolute Gasteiger partial charge is 0.289 e. The van der Waals surface area contributed by atoms with E-state index in [0.717, 1.165) is 65.5 Å². The Morgan fingerprint density at radius 3 is 1.24 bits per heavy atom. The van der Waals surface area contributed by atoms with Gasteiger partial charge in [-0.05, 0) is 116 Å². The van der Waals surface area contributed by atoms with E-state index in [-0.39, 0.29) is 22.4 Å². The fourth-order valence-electron chi connectivity index (χ4n) is 7.31. The van der Waals surface area contributed by atoms with Crippen LogP contribution in [0.1, 0.15) is 76.3 Å². The fourth-order valence-corrected chi connectivity index (χ4v) is 8.47. The summed E-state index contributed by atoms with van der Waals surface area (Å²) in [6, 6.07) is 34.5. The third-order valence-electron chi connectivity index (χ3n) is 9.96. The zero-order valence-corrected chi connectivity index (χ0v) is 31.6. The maximum absolute atomic E-state index is 13.5. The monoisotopic (exact) mass is 684 g/mol. The molecule has 0 saturated heterocycles. The molecule has 4 aromatic carbocycles. The fraction of sp³-hybridized carbons (Fsp3) is 0.208. The van der Waals surface area contributed by atoms with Gasteiger partial charge in [-0.25, -0.2) is 0 Å². The van der Waals surface area contributed by atoms with E-state index in [1.54, 1.807) is 11.3 Å². The first-order chi connectivity index (χ1) is 24.2. The molecule has 0 spiro atoms. The van der Waals surface area contributed by atoms with Crippen LogP contribution in [-0.2, 0) is 9.59 Å². The van der Waals surface area contributed by atoms with E-state index >= 15 is 0 Å². The van der Waals surface area contributed by atoms with Crippen LogP contribution < -0.4 is 0 Å². The van der Waals surface area contributed by atoms with Gasteiger partial charge in [0.1, 0.15) is 0 Å². The Bertz CT molecular complexity index is 2290. The number of ketones is 2. The molecule has 51 heavy (non-hydrogen) atoms. The van der Waals surface area contributed by atoms with Crippen molar-refractivity contribution in [2.24, 2.45) is 10.8 Å². The molecule has 2 aliphatic carbocycles. The quantitative estimate of drug-likeness (QED) is 0.189. The molecule has 0 unspecified atom stereocenters. The van der Waals surface area contributed by atoms with Gasteiger partial charge >= 0.3 is 0 Å². The highest BCUT2D eigenvalue weighted by atomic mass is 32.1. The first kappa shape index (κ1) is 34.3. The van der Waals surface area contributed by atoms with Gasteiger partial charge in [0.05, 0.1) is 0 Å². The van der Waals surface area contributed by atoms with E-state index in [9.17, 15) is 9.59 Å². The minimum Gasteiger partial charge on any atom is -0.289 e. The third kappa shape index (κ3) is 6.36. The molecule has 0 N–H and O–H groups in total. The minimum atomic E-state index is -0.312. The molecule has 0 saturated carbocycles. The maximum atomic E-state index is 13.5. The summed E-state index contributed by atoms with van der Waals surface area (Å²) in [7, 11) is 0. The summed E-state index contributed by atoms with van der Waals surface area (Å²) in [5.41, 5.74) is 9.06. The second-order valence-corrected chi connectivity index (χ2v) is 16.9. The lowest BCUT2D eigenvalue weighted by Gasteiger charge is -2.26. The van der Waals surface area contributed by atoms with Crippen molar-refractivity contribution in [1.29, 1.82) is 0 Å². The Balaban J connectivity index is 1.56. The Kier molecular flexibility index (Phi) is 8.68. The van der Waals surface area contributed by atoms with Gasteiger partial charge in [-0.2, -0.15) is 0 Å². The average Bonchev–Trinajstić information content (AvgIpc) is 3.56. The minimum absolute atomic E-state index is 0.105. The van der Waals surface area contributed by atoms with Gasteiger partial charge in [-0.3, -0.25) is 9.59 Å². The van der Waals surface area contributed by atoms with Crippen LogP contribution in [0.3, 0.4) is 0 Å². The van der Waals surface area contributed by atoms with Gasteiger partial charge in [-0.15, -0.1) is 11.3 Å². The molecule has 5 aromatic rings. The van der Waals surface area contributed by atoms with Gasteiger partial charge in [0.2, 0.25) is 0 Å². The van der Waals surface area contributed by atoms with Crippen molar-refractivity contribution in [3.63, 3.8) is 0 Å². The highest BCUT2D eigenvalue weighted by Crippen LogP contribution is 2.45. The van der Waals surface area contributed by atoms with Gasteiger partial charge in [0.15, 0.2) is 11.6 Å². The maximum Gasteiger partial charge on any atom is 0.185 e. The number of carbonyl (C=O) groups is 2. The number of benzene rings is 4. The van der Waals surface area contributed by atoms with E-state index in [4.69, 9.17) is 0 Å². The molecule has 0 atom stereocenters. The first-order valence-corrected chi connectivity index (χ1v) is 18.5. The lowest BCUT2D eigenvalue weighted by molar-refractivity contribution is -0.113. The highest BCUT2D eigenvalue weighted by Gasteiger charge is 2.31. The van der Waals surface area contributed by atoms with Crippen LogP contribution in [0.4, 0.5) is 0 Å². The molecule has 7 rings (SSSR count). The SMILES string of the molecule is CC1=C/C(=C(/c2ccc(/C(=C3/C=C(C)C(=O)C(C(C)(C)C)=C3)c3cccc4ccccc34)s2)c2cccc3ccccc23)C=C(C(C)(C)C)C1=O. The predicted molar refractivity (Wildman–Crippen MR) is 217 cm³/mol. The van der Waals surface area contributed by atoms with E-state index in [1.165, 1.54) is 21.5 Å². The van der Waals surface area contributed by atoms with E-state index in [2.05, 4.69) is 163 Å². The summed E-state index contributed by atoms with van der Waals surface area (Å²) in [4.78, 5) is 29.2. The van der Waals surface area contributed by atoms with Crippen LogP contribution in [0, 0.1) is 10.8 Å². The normalized spacial score (nSPS) is 17.6. The Hall–Kier alpha value is -5.12. The molecular weight excluding hydrogens is 641 g/mol. The summed E-state index contributed by atoms with van der Waals surface area (Å²) >= 11 is 1.76. The van der Waals surface area contributed by atoms with Crippen LogP contribution in [0.15, 0.2) is 155 Å². The topological polar surface area (TPSA) is 34.1 Å². The summed E-state index contributed by atoms with van der Waals surface area (Å²) < 4.78 is 0. The first-order valence-electron chi connectivity index (χ1n) is 17.7. The number of allylic oxidation sites excluding steroid dienone is 10. The van der Waals surface area contributed by atoms with Crippen molar-refractivity contribution in [1.82, 2.24) is 0 Å². The number of thiophene rings is 1. The Morgan fingerprint density at radius 1 is 0.471 bits per heavy atom. The second kappa shape index (κ2) is 12.9. The number of hydrogen-bond acceptors (Lipinski definition) is 3. The van der Waals surface area contributed by atoms with Crippen molar-refractivity contribution in [3.05, 3.63) is 176 Å². The molecule has 2 nitrogen and oxygen atoms in total. The van der Waals surface area contributed by atoms with Crippen molar-refractivity contribution >= 4 is 55.6 Å². The molecule has 3 heteroatoms. The zero-order chi connectivity index (χ0) is 36.2. The molecule has 0 radical (unpaired) electrons. The molecule has 0 amide bonds. The van der Waals surface area contributed by atoms with Gasteiger partial charge in [-0.1, -0.05) is 126 Å². The van der Waals surface area contributed by atoms with Crippen molar-refractivity contribution in [2.75, 3.05) is 0 Å². The second-order valence-electron chi connectivity index (χ2n) is 15.8. The van der Waals surface area contributed by atoms with Crippen LogP contribution in [-0.4, -0.2) is 11.6 Å². The lowest BCUT2D eigenvalue weighted by Crippen LogP contribution is -2.21. The molecule has 2 aliphatic rings. The van der Waals surface area contributed by atoms with E-state index in [1.807, 2.05) is 13.8 Å². The molecule has 1 heterocycles. The zero-order valence-electron chi connectivity index (χ0n) is 30.8. The number of hydrogen-bond donors (Lipinski definition) is 0. The van der Waals surface area contributed by atoms with Crippen molar-refractivity contribution in [2.45, 2.75) is 55.4 Å². The Morgan fingerprint density at radius 2 is 0.843 bits per heavy atom. The average molecular weight is 685 g/mol. The third-order valence-corrected chi connectivity index (χ3v) is 11.1. The van der Waals surface area contributed by atoms with E-state index < -0.39 is 0 Å². The summed E-state index contributed by atoms with van der Waals surface area (Å²) in [5.74, 6) is 0.211. The molecule has 1 aromatic heterocycles. The summed E-state index contributed by atoms with van der Waals surface area (Å²) in [5, 5.41) is 4.67. The predicted octanol–water partition coefficient (Wildman–Crippen LogP) is 12.7. The number of Topliss-reactive ketones (excluding diaryl/α,β-unsaturated/α-hetero) is 2. The lowest BCUT2D eigenvalue weighted by atomic mass is 9.77. The van der Waals surface area contributed by atoms with E-state index in [0.29, 0.717) is 0 Å². The van der Waals surface area contributed by atoms with Crippen molar-refractivity contribution in [3.8, 4) is 0 Å². The van der Waals surface area contributed by atoms with Gasteiger partial charge < -0.3 is 0 Å². The number of fused-ring (bicyclic) bond motifs is 2. The number of rotatable bonds is 4. The standard InChI is InChI=1S/C48H44O2S/c1-29-25-33(27-39(45(29)49)47(3,4)5)43(37-21-13-17-31-15-9-11-19-35(31)37)41-23-24-42(51-41)44(38-22-14-18-32-16-10-12-20-36(32)38)34-26-30(2)46(50)40(28-34)48(6,7)8/h9-28H,1-8H3/b43-33-,44-34-. The molecule has 0 bridgehead atoms. The highest BCUT2D eigenvalue weighted by molar-refractivity contribution is 7.14. The molecular formula is C48H44O2S. The summed E-state index contributed by atoms with van der Waals surface area (Å²) in [6.07, 6.45) is 8.37. The molecule has 0 aliphatic heterocycles. The molecule has 0 fully saturated rings.